The molecule has 0 rings (SSSR count). The van der Waals surface area contributed by atoms with Crippen LogP contribution in [0.1, 0.15) is 0 Å². The second-order valence-corrected chi connectivity index (χ2v) is 1.19. The van der Waals surface area contributed by atoms with Crippen LogP contribution in [0, 0.1) is 0 Å². The standard InChI is InChI=1S/C2H7B3/c1-4-5(2)3/h4H,1-2H3/i4D. The Morgan fingerprint density at radius 3 is 2.40 bits per heavy atom. The minimum atomic E-state index is -0.120. The molecule has 0 aliphatic rings. The van der Waals surface area contributed by atoms with E-state index in [0.717, 1.165) is 0 Å². The monoisotopic (exact) mass is 65.1 g/mol. The molecule has 0 aromatic heterocycles. The first-order valence-corrected chi connectivity index (χ1v) is 1.82. The molecule has 0 nitrogen and oxygen atoms in total. The Bertz CT molecular complexity index is 29.8. The number of rotatable bonds is 1. The summed E-state index contributed by atoms with van der Waals surface area (Å²) in [6, 6.07) is 0. The summed E-state index contributed by atoms with van der Waals surface area (Å²) in [5.74, 6) is 0. The van der Waals surface area contributed by atoms with Crippen LogP contribution in [-0.4, -0.2) is 22.7 Å². The summed E-state index contributed by atoms with van der Waals surface area (Å²) in [5.41, 5.74) is 0. The highest BCUT2D eigenvalue weighted by atomic mass is 13.0. The molecular formula is C2H7B3. The highest BCUT2D eigenvalue weighted by Gasteiger charge is 1.88. The van der Waals surface area contributed by atoms with E-state index in [9.17, 15) is 0 Å². The molecule has 0 aromatic rings. The van der Waals surface area contributed by atoms with Crippen LogP contribution in [-0.2, 0) is 0 Å². The van der Waals surface area contributed by atoms with Crippen LogP contribution in [0.25, 0.3) is 0 Å². The first kappa shape index (κ1) is 3.39. The van der Waals surface area contributed by atoms with Gasteiger partial charge in [0.1, 0.15) is 0 Å². The van der Waals surface area contributed by atoms with Crippen LogP contribution in [0.4, 0.5) is 0 Å². The molecule has 0 spiro atoms. The second-order valence-electron chi connectivity index (χ2n) is 1.19. The molecule has 0 aliphatic heterocycles. The van der Waals surface area contributed by atoms with Crippen molar-refractivity contribution in [2.24, 2.45) is 0 Å². The van der Waals surface area contributed by atoms with Crippen LogP contribution >= 0.6 is 0 Å². The zero-order chi connectivity index (χ0) is 5.15. The molecule has 0 saturated carbocycles. The quantitative estimate of drug-likeness (QED) is 0.369. The van der Waals surface area contributed by atoms with Crippen LogP contribution in [0.2, 0.25) is 13.6 Å². The van der Waals surface area contributed by atoms with Crippen molar-refractivity contribution in [3.8, 4) is 0 Å². The van der Waals surface area contributed by atoms with Gasteiger partial charge in [-0.3, -0.25) is 0 Å². The topological polar surface area (TPSA) is 0 Å². The van der Waals surface area contributed by atoms with E-state index in [1.807, 2.05) is 6.82 Å². The Kier molecular flexibility index (Phi) is 1.65. The Balaban J connectivity index is 2.99. The number of hydrogen-bond donors (Lipinski definition) is 0. The molecule has 0 fully saturated rings. The van der Waals surface area contributed by atoms with Gasteiger partial charge in [-0.2, -0.15) is 0 Å². The highest BCUT2D eigenvalue weighted by molar-refractivity contribution is 7.34. The maximum atomic E-state index is 6.91. The van der Waals surface area contributed by atoms with E-state index in [2.05, 4.69) is 0 Å². The molecule has 3 heteroatoms. The van der Waals surface area contributed by atoms with Gasteiger partial charge in [-0.25, -0.2) is 0 Å². The average molecular weight is 64.5 g/mol. The van der Waals surface area contributed by atoms with Crippen molar-refractivity contribution in [2.45, 2.75) is 13.6 Å². The zero-order valence-electron chi connectivity index (χ0n) is 4.73. The van der Waals surface area contributed by atoms with Crippen LogP contribution in [0.3, 0.4) is 0 Å². The molecule has 2 radical (unpaired) electrons. The zero-order valence-corrected chi connectivity index (χ0v) is 3.73. The first-order valence-electron chi connectivity index (χ1n) is 2.40. The third kappa shape index (κ3) is 4.19. The smallest absolute Gasteiger partial charge is 0.0773 e. The van der Waals surface area contributed by atoms with E-state index in [1.54, 1.807) is 6.82 Å². The second kappa shape index (κ2) is 2.43. The van der Waals surface area contributed by atoms with E-state index >= 15 is 0 Å². The molecular weight excluding hydrogens is 56.5 g/mol. The SMILES string of the molecule is [2H]B(C)B([B])C. The van der Waals surface area contributed by atoms with Crippen LogP contribution < -0.4 is 0 Å². The molecule has 0 amide bonds. The lowest BCUT2D eigenvalue weighted by Gasteiger charge is -1.82. The van der Waals surface area contributed by atoms with Gasteiger partial charge in [-0.15, -0.1) is 6.82 Å². The summed E-state index contributed by atoms with van der Waals surface area (Å²) in [6.45, 7) is 3.63. The summed E-state index contributed by atoms with van der Waals surface area (Å²) >= 11 is 0. The van der Waals surface area contributed by atoms with Crippen LogP contribution in [0.15, 0.2) is 0 Å². The van der Waals surface area contributed by atoms with Gasteiger partial charge in [0, 0.05) is 7.74 Å². The van der Waals surface area contributed by atoms with Crippen molar-refractivity contribution < 1.29 is 0 Å². The maximum absolute atomic E-state index is 6.91. The molecule has 0 saturated heterocycles. The summed E-state index contributed by atoms with van der Waals surface area (Å²) < 4.78 is 6.91. The molecule has 0 aliphatic carbocycles. The van der Waals surface area contributed by atoms with E-state index in [1.165, 1.54) is 0 Å². The predicted molar refractivity (Wildman–Crippen MR) is 30.4 cm³/mol. The van der Waals surface area contributed by atoms with Gasteiger partial charge in [-0.05, 0) is 1.34 Å². The number of hydrogen-bond acceptors (Lipinski definition) is 0. The Hall–Kier alpha value is 0.195. The lowest BCUT2D eigenvalue weighted by atomic mass is 9.13. The van der Waals surface area contributed by atoms with Gasteiger partial charge >= 0.3 is 0 Å². The lowest BCUT2D eigenvalue weighted by molar-refractivity contribution is 2.26. The van der Waals surface area contributed by atoms with Crippen molar-refractivity contribution in [1.82, 2.24) is 0 Å². The molecule has 24 valence electrons. The molecule has 0 unspecified atom stereocenters. The predicted octanol–water partition coefficient (Wildman–Crippen LogP) is -0.243. The van der Waals surface area contributed by atoms with E-state index in [4.69, 9.17) is 9.07 Å². The molecule has 0 heterocycles. The Labute approximate surface area is 37.4 Å². The van der Waals surface area contributed by atoms with Gasteiger partial charge in [-0.1, -0.05) is 6.82 Å². The van der Waals surface area contributed by atoms with Crippen molar-refractivity contribution in [3.63, 3.8) is 0 Å². The normalized spacial score (nSPS) is 9.60. The van der Waals surface area contributed by atoms with Gasteiger partial charge in [0.05, 0.1) is 13.6 Å². The van der Waals surface area contributed by atoms with Gasteiger partial charge in [0.15, 0.2) is 0 Å². The van der Waals surface area contributed by atoms with Crippen molar-refractivity contribution >= 4 is 21.4 Å². The lowest BCUT2D eigenvalue weighted by Crippen LogP contribution is -2.13. The first-order chi connectivity index (χ1) is 2.64. The molecule has 0 bridgehead atoms. The summed E-state index contributed by atoms with van der Waals surface area (Å²) in [7, 11) is 5.13. The third-order valence-corrected chi connectivity index (χ3v) is 0.526. The van der Waals surface area contributed by atoms with E-state index < -0.39 is 0 Å². The fraction of sp³-hybridized carbons (Fsp3) is 1.00. The Morgan fingerprint density at radius 2 is 2.40 bits per heavy atom. The average Bonchev–Trinajstić information content (AvgIpc) is 1.36. The third-order valence-electron chi connectivity index (χ3n) is 0.526. The minimum Gasteiger partial charge on any atom is -0.100 e. The molecule has 0 aromatic carbocycles. The van der Waals surface area contributed by atoms with E-state index in [-0.39, 0.29) is 13.6 Å². The molecule has 5 heavy (non-hydrogen) atoms. The van der Waals surface area contributed by atoms with Gasteiger partial charge < -0.3 is 0 Å². The largest absolute Gasteiger partial charge is 0.100 e. The summed E-state index contributed by atoms with van der Waals surface area (Å²) in [6.07, 6.45) is 0. The van der Waals surface area contributed by atoms with Crippen LogP contribution in [0.5, 0.6) is 0 Å². The van der Waals surface area contributed by atoms with E-state index in [0.29, 0.717) is 0 Å². The van der Waals surface area contributed by atoms with Gasteiger partial charge in [0.25, 0.3) is 0 Å². The van der Waals surface area contributed by atoms with Crippen molar-refractivity contribution in [3.05, 3.63) is 0 Å². The maximum Gasteiger partial charge on any atom is 0.0773 e. The molecule has 0 N–H and O–H groups in total. The highest BCUT2D eigenvalue weighted by Crippen LogP contribution is 1.62. The van der Waals surface area contributed by atoms with Gasteiger partial charge in [0.2, 0.25) is 0 Å². The fourth-order valence-corrected chi connectivity index (χ4v) is 0. The minimum absolute atomic E-state index is 0.0185. The molecule has 0 atom stereocenters. The summed E-state index contributed by atoms with van der Waals surface area (Å²) in [5, 5.41) is 0. The summed E-state index contributed by atoms with van der Waals surface area (Å²) in [4.78, 5) is 0. The Morgan fingerprint density at radius 1 is 2.20 bits per heavy atom. The van der Waals surface area contributed by atoms with Crippen molar-refractivity contribution in [1.29, 1.82) is 1.34 Å². The fourth-order valence-electron chi connectivity index (χ4n) is 0. The van der Waals surface area contributed by atoms with Crippen molar-refractivity contribution in [2.75, 3.05) is 0 Å².